The van der Waals surface area contributed by atoms with Crippen molar-refractivity contribution in [3.05, 3.63) is 24.3 Å². The molecule has 0 fully saturated rings. The van der Waals surface area contributed by atoms with E-state index in [9.17, 15) is 14.3 Å². The molecular formula is C19H32NO6P. The zero-order chi connectivity index (χ0) is 20.1. The lowest BCUT2D eigenvalue weighted by Crippen LogP contribution is -2.26. The number of carbonyl (C=O) groups is 1. The third kappa shape index (κ3) is 11.7. The van der Waals surface area contributed by atoms with Crippen molar-refractivity contribution < 1.29 is 28.0 Å². The zero-order valence-electron chi connectivity index (χ0n) is 16.5. The highest BCUT2D eigenvalue weighted by Crippen LogP contribution is 2.44. The molecule has 8 heteroatoms. The highest BCUT2D eigenvalue weighted by Gasteiger charge is 2.23. The van der Waals surface area contributed by atoms with Gasteiger partial charge in [-0.3, -0.25) is 14.2 Å². The summed E-state index contributed by atoms with van der Waals surface area (Å²) in [6.45, 7) is 5.95. The molecule has 1 amide bonds. The Labute approximate surface area is 162 Å². The van der Waals surface area contributed by atoms with Crippen LogP contribution in [0, 0.1) is 0 Å². The fourth-order valence-electron chi connectivity index (χ4n) is 2.36. The molecule has 0 saturated heterocycles. The Hall–Kier alpha value is -1.56. The highest BCUT2D eigenvalue weighted by atomic mass is 31.2. The third-order valence-corrected chi connectivity index (χ3v) is 4.53. The van der Waals surface area contributed by atoms with Crippen molar-refractivity contribution >= 4 is 13.7 Å². The summed E-state index contributed by atoms with van der Waals surface area (Å²) in [5.41, 5.74) is 0. The molecule has 1 unspecified atom stereocenters. The van der Waals surface area contributed by atoms with E-state index in [4.69, 9.17) is 13.8 Å². The van der Waals surface area contributed by atoms with E-state index in [1.807, 2.05) is 13.8 Å². The summed E-state index contributed by atoms with van der Waals surface area (Å²) in [6, 6.07) is 6.45. The summed E-state index contributed by atoms with van der Waals surface area (Å²) in [7, 11) is -4.27. The van der Waals surface area contributed by atoms with Gasteiger partial charge in [-0.05, 0) is 32.4 Å². The number of hydrogen-bond donors (Lipinski definition) is 2. The minimum absolute atomic E-state index is 0.0207. The van der Waals surface area contributed by atoms with E-state index in [0.29, 0.717) is 12.2 Å². The summed E-state index contributed by atoms with van der Waals surface area (Å²) in [4.78, 5) is 21.5. The van der Waals surface area contributed by atoms with Gasteiger partial charge in [0.1, 0.15) is 11.5 Å². The molecule has 0 bridgehead atoms. The molecule has 7 nitrogen and oxygen atoms in total. The lowest BCUT2D eigenvalue weighted by Gasteiger charge is -2.15. The van der Waals surface area contributed by atoms with Crippen molar-refractivity contribution in [2.75, 3.05) is 13.2 Å². The first-order chi connectivity index (χ1) is 12.8. The molecule has 0 heterocycles. The minimum atomic E-state index is -4.27. The van der Waals surface area contributed by atoms with Crippen molar-refractivity contribution in [2.45, 2.75) is 65.4 Å². The van der Waals surface area contributed by atoms with Gasteiger partial charge in [0.25, 0.3) is 0 Å². The van der Waals surface area contributed by atoms with Gasteiger partial charge in [-0.1, -0.05) is 38.7 Å². The molecule has 0 saturated carbocycles. The number of unbranched alkanes of at least 4 members (excludes halogenated alkanes) is 4. The molecule has 27 heavy (non-hydrogen) atoms. The summed E-state index contributed by atoms with van der Waals surface area (Å²) >= 11 is 0. The van der Waals surface area contributed by atoms with E-state index in [-0.39, 0.29) is 30.9 Å². The second-order valence-electron chi connectivity index (χ2n) is 6.55. The number of benzene rings is 1. The number of nitrogens with one attached hydrogen (secondary N) is 1. The summed E-state index contributed by atoms with van der Waals surface area (Å²) in [5, 5.41) is 2.67. The predicted octanol–water partition coefficient (Wildman–Crippen LogP) is 4.45. The van der Waals surface area contributed by atoms with Crippen molar-refractivity contribution in [1.82, 2.24) is 5.32 Å². The van der Waals surface area contributed by atoms with E-state index in [2.05, 4.69) is 12.2 Å². The predicted molar refractivity (Wildman–Crippen MR) is 105 cm³/mol. The van der Waals surface area contributed by atoms with E-state index in [1.165, 1.54) is 18.9 Å². The maximum atomic E-state index is 12.0. The van der Waals surface area contributed by atoms with Crippen LogP contribution >= 0.6 is 7.82 Å². The largest absolute Gasteiger partial charge is 0.527 e. The van der Waals surface area contributed by atoms with Crippen LogP contribution in [0.5, 0.6) is 11.5 Å². The van der Waals surface area contributed by atoms with Crippen molar-refractivity contribution in [3.63, 3.8) is 0 Å². The number of rotatable bonds is 14. The number of hydrogen-bond acceptors (Lipinski definition) is 5. The first kappa shape index (κ1) is 23.5. The monoisotopic (exact) mass is 401 g/mol. The van der Waals surface area contributed by atoms with Crippen LogP contribution in [0.25, 0.3) is 0 Å². The number of phosphoric ester groups is 1. The lowest BCUT2D eigenvalue weighted by molar-refractivity contribution is -0.121. The number of carbonyl (C=O) groups excluding carboxylic acids is 1. The van der Waals surface area contributed by atoms with Crippen LogP contribution in [-0.4, -0.2) is 30.1 Å². The van der Waals surface area contributed by atoms with Gasteiger partial charge in [-0.2, -0.15) is 0 Å². The van der Waals surface area contributed by atoms with Gasteiger partial charge in [0.05, 0.1) is 12.7 Å². The molecule has 1 aromatic rings. The van der Waals surface area contributed by atoms with Crippen LogP contribution in [0.4, 0.5) is 0 Å². The molecule has 0 radical (unpaired) electrons. The lowest BCUT2D eigenvalue weighted by atomic mass is 10.1. The van der Waals surface area contributed by atoms with Gasteiger partial charge in [0, 0.05) is 19.0 Å². The van der Waals surface area contributed by atoms with Gasteiger partial charge in [-0.15, -0.1) is 0 Å². The molecule has 0 aliphatic carbocycles. The summed E-state index contributed by atoms with van der Waals surface area (Å²) < 4.78 is 27.4. The number of amides is 1. The molecule has 0 spiro atoms. The first-order valence-electron chi connectivity index (χ1n) is 9.52. The molecule has 1 atom stereocenters. The second-order valence-corrected chi connectivity index (χ2v) is 7.93. The first-order valence-corrected chi connectivity index (χ1v) is 11.0. The molecule has 1 rings (SSSR count). The fourth-order valence-corrected chi connectivity index (χ4v) is 3.12. The Morgan fingerprint density at radius 2 is 1.89 bits per heavy atom. The van der Waals surface area contributed by atoms with Gasteiger partial charge in [0.2, 0.25) is 5.91 Å². The molecule has 1 aromatic carbocycles. The second kappa shape index (κ2) is 12.8. The summed E-state index contributed by atoms with van der Waals surface area (Å²) in [6.07, 6.45) is 5.82. The molecule has 0 aliphatic rings. The van der Waals surface area contributed by atoms with E-state index in [0.717, 1.165) is 19.3 Å². The van der Waals surface area contributed by atoms with Crippen molar-refractivity contribution in [1.29, 1.82) is 0 Å². The smallest absolute Gasteiger partial charge is 0.491 e. The number of phosphoric acid groups is 1. The van der Waals surface area contributed by atoms with E-state index >= 15 is 0 Å². The molecule has 2 N–H and O–H groups in total. The Morgan fingerprint density at radius 1 is 1.19 bits per heavy atom. The van der Waals surface area contributed by atoms with Crippen LogP contribution in [0.1, 0.15) is 59.3 Å². The van der Waals surface area contributed by atoms with Crippen LogP contribution < -0.4 is 14.6 Å². The fraction of sp³-hybridized carbons (Fsp3) is 0.632. The Kier molecular flexibility index (Phi) is 11.1. The Balaban J connectivity index is 2.27. The quantitative estimate of drug-likeness (QED) is 0.353. The maximum absolute atomic E-state index is 12.0. The minimum Gasteiger partial charge on any atom is -0.491 e. The number of ether oxygens (including phenoxy) is 1. The topological polar surface area (TPSA) is 94.1 Å². The Bertz CT molecular complexity index is 608. The third-order valence-electron chi connectivity index (χ3n) is 3.58. The maximum Gasteiger partial charge on any atom is 0.527 e. The molecule has 0 aliphatic heterocycles. The van der Waals surface area contributed by atoms with Gasteiger partial charge >= 0.3 is 7.82 Å². The van der Waals surface area contributed by atoms with Crippen LogP contribution in [-0.2, 0) is 13.9 Å². The Morgan fingerprint density at radius 3 is 2.59 bits per heavy atom. The molecule has 0 aromatic heterocycles. The SMILES string of the molecule is CCCCCCCC(=O)NCCOP(=O)(O)Oc1cccc(OC(C)C)c1. The van der Waals surface area contributed by atoms with Crippen molar-refractivity contribution in [2.24, 2.45) is 0 Å². The van der Waals surface area contributed by atoms with Gasteiger partial charge in [-0.25, -0.2) is 4.57 Å². The van der Waals surface area contributed by atoms with Gasteiger partial charge < -0.3 is 14.6 Å². The highest BCUT2D eigenvalue weighted by molar-refractivity contribution is 7.47. The van der Waals surface area contributed by atoms with Crippen LogP contribution in [0.3, 0.4) is 0 Å². The summed E-state index contributed by atoms with van der Waals surface area (Å²) in [5.74, 6) is 0.631. The average molecular weight is 401 g/mol. The average Bonchev–Trinajstić information content (AvgIpc) is 2.58. The standard InChI is InChI=1S/C19H32NO6P/c1-4-5-6-7-8-12-19(21)20-13-14-24-27(22,23)26-18-11-9-10-17(15-18)25-16(2)3/h9-11,15-16H,4-8,12-14H2,1-3H3,(H,20,21)(H,22,23). The van der Waals surface area contributed by atoms with Gasteiger partial charge in [0.15, 0.2) is 0 Å². The van der Waals surface area contributed by atoms with E-state index < -0.39 is 7.82 Å². The zero-order valence-corrected chi connectivity index (χ0v) is 17.4. The molecule has 154 valence electrons. The van der Waals surface area contributed by atoms with Crippen LogP contribution in [0.2, 0.25) is 0 Å². The molecular weight excluding hydrogens is 369 g/mol. The normalized spacial score (nSPS) is 13.2. The van der Waals surface area contributed by atoms with Crippen LogP contribution in [0.15, 0.2) is 24.3 Å². The van der Waals surface area contributed by atoms with Crippen molar-refractivity contribution in [3.8, 4) is 11.5 Å². The van der Waals surface area contributed by atoms with E-state index in [1.54, 1.807) is 18.2 Å².